The third kappa shape index (κ3) is 3.53. The number of carbonyl (C=O) groups is 1. The number of methoxy groups -OCH3 is 1. The van der Waals surface area contributed by atoms with Gasteiger partial charge in [0, 0.05) is 6.61 Å². The average molecular weight is 240 g/mol. The van der Waals surface area contributed by atoms with Gasteiger partial charge in [0.25, 0.3) is 0 Å². The molecular formula is C13H17FO3. The van der Waals surface area contributed by atoms with Crippen molar-refractivity contribution >= 4 is 5.97 Å². The molecule has 0 aliphatic heterocycles. The Bertz CT molecular complexity index is 390. The molecule has 0 amide bonds. The van der Waals surface area contributed by atoms with Crippen molar-refractivity contribution in [3.8, 4) is 0 Å². The van der Waals surface area contributed by atoms with E-state index < -0.39 is 12.1 Å². The maximum absolute atomic E-state index is 13.0. The van der Waals surface area contributed by atoms with E-state index in [1.807, 2.05) is 6.92 Å². The molecule has 1 aromatic rings. The van der Waals surface area contributed by atoms with Crippen LogP contribution in [0.5, 0.6) is 0 Å². The smallest absolute Gasteiger partial charge is 0.339 e. The van der Waals surface area contributed by atoms with E-state index in [4.69, 9.17) is 9.47 Å². The Morgan fingerprint density at radius 1 is 1.47 bits per heavy atom. The summed E-state index contributed by atoms with van der Waals surface area (Å²) < 4.78 is 23.1. The van der Waals surface area contributed by atoms with Gasteiger partial charge >= 0.3 is 5.97 Å². The number of hydrogen-bond donors (Lipinski definition) is 0. The van der Waals surface area contributed by atoms with Gasteiger partial charge in [-0.3, -0.25) is 0 Å². The van der Waals surface area contributed by atoms with Crippen molar-refractivity contribution in [3.63, 3.8) is 0 Å². The molecule has 0 aromatic heterocycles. The summed E-state index contributed by atoms with van der Waals surface area (Å²) in [4.78, 5) is 11.6. The fraction of sp³-hybridized carbons (Fsp3) is 0.462. The van der Waals surface area contributed by atoms with Crippen LogP contribution in [0, 0.1) is 12.7 Å². The molecule has 0 saturated carbocycles. The van der Waals surface area contributed by atoms with Gasteiger partial charge in [-0.25, -0.2) is 9.18 Å². The summed E-state index contributed by atoms with van der Waals surface area (Å²) in [5.41, 5.74) is 1.32. The minimum atomic E-state index is -0.777. The molecule has 0 spiro atoms. The van der Waals surface area contributed by atoms with Crippen LogP contribution < -0.4 is 0 Å². The van der Waals surface area contributed by atoms with Crippen LogP contribution >= 0.6 is 0 Å². The van der Waals surface area contributed by atoms with E-state index in [0.717, 1.165) is 6.42 Å². The second-order valence-corrected chi connectivity index (χ2v) is 3.77. The molecule has 3 nitrogen and oxygen atoms in total. The lowest BCUT2D eigenvalue weighted by Gasteiger charge is -2.17. The van der Waals surface area contributed by atoms with E-state index in [0.29, 0.717) is 17.7 Å². The lowest BCUT2D eigenvalue weighted by atomic mass is 10.0. The van der Waals surface area contributed by atoms with Crippen molar-refractivity contribution in [1.82, 2.24) is 0 Å². The molecule has 0 heterocycles. The van der Waals surface area contributed by atoms with Crippen molar-refractivity contribution in [3.05, 3.63) is 35.1 Å². The Kier molecular flexibility index (Phi) is 5.10. The molecule has 4 heteroatoms. The maximum Gasteiger partial charge on any atom is 0.339 e. The first kappa shape index (κ1) is 13.6. The van der Waals surface area contributed by atoms with Gasteiger partial charge in [-0.1, -0.05) is 13.0 Å². The van der Waals surface area contributed by atoms with Crippen molar-refractivity contribution in [2.75, 3.05) is 13.7 Å². The van der Waals surface area contributed by atoms with Crippen LogP contribution in [0.25, 0.3) is 0 Å². The first-order valence-electron chi connectivity index (χ1n) is 5.55. The molecule has 1 atom stereocenters. The second-order valence-electron chi connectivity index (χ2n) is 3.77. The van der Waals surface area contributed by atoms with E-state index in [1.165, 1.54) is 19.2 Å². The summed E-state index contributed by atoms with van der Waals surface area (Å²) in [5.74, 6) is -0.793. The Morgan fingerprint density at radius 3 is 2.71 bits per heavy atom. The van der Waals surface area contributed by atoms with Gasteiger partial charge in [0.1, 0.15) is 5.82 Å². The van der Waals surface area contributed by atoms with Crippen LogP contribution in [0.4, 0.5) is 4.39 Å². The van der Waals surface area contributed by atoms with Crippen LogP contribution in [0.15, 0.2) is 18.2 Å². The first-order chi connectivity index (χ1) is 8.10. The predicted molar refractivity (Wildman–Crippen MR) is 62.1 cm³/mol. The molecule has 0 saturated heterocycles. The molecular weight excluding hydrogens is 223 g/mol. The lowest BCUT2D eigenvalue weighted by Crippen LogP contribution is -2.19. The molecule has 0 aliphatic rings. The topological polar surface area (TPSA) is 35.5 Å². The van der Waals surface area contributed by atoms with Crippen molar-refractivity contribution in [1.29, 1.82) is 0 Å². The minimum absolute atomic E-state index is 0.328. The summed E-state index contributed by atoms with van der Waals surface area (Å²) in [6, 6.07) is 4.25. The van der Waals surface area contributed by atoms with Gasteiger partial charge in [-0.15, -0.1) is 0 Å². The summed E-state index contributed by atoms with van der Waals surface area (Å²) in [7, 11) is 1.31. The van der Waals surface area contributed by atoms with E-state index in [9.17, 15) is 9.18 Å². The Morgan fingerprint density at radius 2 is 2.18 bits per heavy atom. The molecule has 0 radical (unpaired) electrons. The van der Waals surface area contributed by atoms with Crippen molar-refractivity contribution in [2.24, 2.45) is 0 Å². The van der Waals surface area contributed by atoms with E-state index in [-0.39, 0.29) is 5.82 Å². The van der Waals surface area contributed by atoms with Crippen LogP contribution in [0.2, 0.25) is 0 Å². The summed E-state index contributed by atoms with van der Waals surface area (Å²) >= 11 is 0. The monoisotopic (exact) mass is 240 g/mol. The highest BCUT2D eigenvalue weighted by atomic mass is 19.1. The number of halogens is 1. The van der Waals surface area contributed by atoms with Crippen LogP contribution in [0.3, 0.4) is 0 Å². The van der Waals surface area contributed by atoms with Crippen LogP contribution in [-0.4, -0.2) is 19.7 Å². The fourth-order valence-electron chi connectivity index (χ4n) is 1.56. The quantitative estimate of drug-likeness (QED) is 0.742. The van der Waals surface area contributed by atoms with Gasteiger partial charge in [-0.2, -0.15) is 0 Å². The first-order valence-corrected chi connectivity index (χ1v) is 5.55. The Balaban J connectivity index is 2.99. The molecule has 1 aromatic carbocycles. The number of ether oxygens (including phenoxy) is 2. The summed E-state index contributed by atoms with van der Waals surface area (Å²) in [6.07, 6.45) is 0.0221. The van der Waals surface area contributed by atoms with Gasteiger partial charge < -0.3 is 9.47 Å². The van der Waals surface area contributed by atoms with Crippen molar-refractivity contribution < 1.29 is 18.7 Å². The second kappa shape index (κ2) is 6.35. The number of hydrogen-bond acceptors (Lipinski definition) is 3. The SMILES string of the molecule is CCCOC(C(=O)OC)c1ccc(F)cc1C. The van der Waals surface area contributed by atoms with E-state index in [1.54, 1.807) is 13.0 Å². The minimum Gasteiger partial charge on any atom is -0.467 e. The Labute approximate surface area is 101 Å². The third-order valence-electron chi connectivity index (χ3n) is 2.42. The number of rotatable bonds is 5. The van der Waals surface area contributed by atoms with Gasteiger partial charge in [0.2, 0.25) is 0 Å². The molecule has 17 heavy (non-hydrogen) atoms. The number of carbonyl (C=O) groups excluding carboxylic acids is 1. The highest BCUT2D eigenvalue weighted by Gasteiger charge is 2.23. The molecule has 1 unspecified atom stereocenters. The highest BCUT2D eigenvalue weighted by Crippen LogP contribution is 2.23. The average Bonchev–Trinajstić information content (AvgIpc) is 2.31. The molecule has 1 rings (SSSR count). The Hall–Kier alpha value is -1.42. The zero-order chi connectivity index (χ0) is 12.8. The number of benzene rings is 1. The molecule has 0 N–H and O–H groups in total. The number of esters is 1. The molecule has 0 fully saturated rings. The van der Waals surface area contributed by atoms with Crippen LogP contribution in [-0.2, 0) is 14.3 Å². The zero-order valence-electron chi connectivity index (χ0n) is 10.3. The van der Waals surface area contributed by atoms with Gasteiger partial charge in [-0.05, 0) is 36.6 Å². The highest BCUT2D eigenvalue weighted by molar-refractivity contribution is 5.76. The molecule has 0 aliphatic carbocycles. The molecule has 94 valence electrons. The zero-order valence-corrected chi connectivity index (χ0v) is 10.3. The normalized spacial score (nSPS) is 12.2. The predicted octanol–water partition coefficient (Wildman–Crippen LogP) is 2.77. The maximum atomic E-state index is 13.0. The lowest BCUT2D eigenvalue weighted by molar-refractivity contribution is -0.154. The summed E-state index contributed by atoms with van der Waals surface area (Å²) in [5, 5.41) is 0. The van der Waals surface area contributed by atoms with Gasteiger partial charge in [0.15, 0.2) is 6.10 Å². The fourth-order valence-corrected chi connectivity index (χ4v) is 1.56. The third-order valence-corrected chi connectivity index (χ3v) is 2.42. The number of aryl methyl sites for hydroxylation is 1. The largest absolute Gasteiger partial charge is 0.467 e. The van der Waals surface area contributed by atoms with Crippen molar-refractivity contribution in [2.45, 2.75) is 26.4 Å². The van der Waals surface area contributed by atoms with E-state index in [2.05, 4.69) is 0 Å². The van der Waals surface area contributed by atoms with Crippen LogP contribution in [0.1, 0.15) is 30.6 Å². The summed E-state index contributed by atoms with van der Waals surface area (Å²) in [6.45, 7) is 4.14. The molecule has 0 bridgehead atoms. The standard InChI is InChI=1S/C13H17FO3/c1-4-7-17-12(13(15)16-3)11-6-5-10(14)8-9(11)2/h5-6,8,12H,4,7H2,1-3H3. The van der Waals surface area contributed by atoms with E-state index >= 15 is 0 Å². The van der Waals surface area contributed by atoms with Gasteiger partial charge in [0.05, 0.1) is 7.11 Å².